The molecule has 1 aromatic carbocycles. The Labute approximate surface area is 142 Å². The minimum atomic E-state index is -3.12. The summed E-state index contributed by atoms with van der Waals surface area (Å²) in [6.07, 6.45) is 4.31. The van der Waals surface area contributed by atoms with Crippen molar-refractivity contribution < 1.29 is 8.42 Å². The van der Waals surface area contributed by atoms with Crippen LogP contribution in [-0.2, 0) is 10.0 Å². The zero-order valence-electron chi connectivity index (χ0n) is 14.0. The highest BCUT2D eigenvalue weighted by atomic mass is 32.2. The summed E-state index contributed by atoms with van der Waals surface area (Å²) in [7, 11) is 0.00948. The van der Waals surface area contributed by atoms with Crippen LogP contribution >= 0.6 is 11.8 Å². The van der Waals surface area contributed by atoms with Crippen LogP contribution in [0.3, 0.4) is 0 Å². The van der Waals surface area contributed by atoms with Crippen LogP contribution in [0.15, 0.2) is 35.7 Å². The molecule has 0 aliphatic carbocycles. The fourth-order valence-corrected chi connectivity index (χ4v) is 4.24. The van der Waals surface area contributed by atoms with Crippen molar-refractivity contribution in [3.05, 3.63) is 41.7 Å². The second-order valence-electron chi connectivity index (χ2n) is 5.73. The number of benzene rings is 1. The van der Waals surface area contributed by atoms with Crippen molar-refractivity contribution in [3.63, 3.8) is 0 Å². The number of thioether (sulfide) groups is 1. The second kappa shape index (κ2) is 7.51. The summed E-state index contributed by atoms with van der Waals surface area (Å²) in [5.41, 5.74) is 3.51. The lowest BCUT2D eigenvalue weighted by Crippen LogP contribution is -2.25. The smallest absolute Gasteiger partial charge is 0.213 e. The summed E-state index contributed by atoms with van der Waals surface area (Å²) >= 11 is 1.58. The first-order valence-corrected chi connectivity index (χ1v) is 10.0. The molecule has 0 atom stereocenters. The van der Waals surface area contributed by atoms with E-state index in [1.807, 2.05) is 10.8 Å². The number of aryl methyl sites for hydroxylation is 2. The Morgan fingerprint density at radius 3 is 2.43 bits per heavy atom. The molecule has 0 bridgehead atoms. The Morgan fingerprint density at radius 1 is 1.17 bits per heavy atom. The number of sulfonamides is 1. The summed E-state index contributed by atoms with van der Waals surface area (Å²) in [5, 5.41) is 0.886. The number of hydrogen-bond donors (Lipinski definition) is 0. The molecule has 1 aromatic heterocycles. The van der Waals surface area contributed by atoms with Gasteiger partial charge in [-0.25, -0.2) is 17.7 Å². The molecule has 0 unspecified atom stereocenters. The average Bonchev–Trinajstić information content (AvgIpc) is 2.90. The third-order valence-corrected chi connectivity index (χ3v) is 6.40. The van der Waals surface area contributed by atoms with Crippen molar-refractivity contribution in [3.8, 4) is 5.69 Å². The molecule has 2 aromatic rings. The van der Waals surface area contributed by atoms with E-state index in [2.05, 4.69) is 37.0 Å². The summed E-state index contributed by atoms with van der Waals surface area (Å²) in [4.78, 5) is 4.39. The molecule has 0 radical (unpaired) electrons. The molecular weight excluding hydrogens is 330 g/mol. The second-order valence-corrected chi connectivity index (χ2v) is 9.09. The molecule has 0 saturated heterocycles. The quantitative estimate of drug-likeness (QED) is 0.567. The monoisotopic (exact) mass is 353 g/mol. The number of hydrogen-bond acceptors (Lipinski definition) is 4. The highest BCUT2D eigenvalue weighted by Crippen LogP contribution is 2.22. The van der Waals surface area contributed by atoms with Gasteiger partial charge < -0.3 is 0 Å². The minimum absolute atomic E-state index is 0.164. The van der Waals surface area contributed by atoms with E-state index in [-0.39, 0.29) is 5.75 Å². The van der Waals surface area contributed by atoms with Crippen LogP contribution in [0.2, 0.25) is 0 Å². The molecule has 0 saturated carbocycles. The molecule has 0 N–H and O–H groups in total. The predicted molar refractivity (Wildman–Crippen MR) is 95.9 cm³/mol. The molecule has 0 aliphatic rings. The van der Waals surface area contributed by atoms with Gasteiger partial charge in [0.15, 0.2) is 5.16 Å². The van der Waals surface area contributed by atoms with E-state index >= 15 is 0 Å². The van der Waals surface area contributed by atoms with Gasteiger partial charge in [0.1, 0.15) is 0 Å². The minimum Gasteiger partial charge on any atom is -0.295 e. The molecule has 2 rings (SSSR count). The molecular formula is C16H23N3O2S2. The fraction of sp³-hybridized carbons (Fsp3) is 0.438. The lowest BCUT2D eigenvalue weighted by atomic mass is 10.1. The molecule has 1 heterocycles. The molecule has 0 aliphatic heterocycles. The predicted octanol–water partition coefficient (Wildman–Crippen LogP) is 2.86. The SMILES string of the molecule is Cc1cc(C)cc(-n2ccnc2SCCCS(=O)(=O)N(C)C)c1. The van der Waals surface area contributed by atoms with Crippen molar-refractivity contribution >= 4 is 21.8 Å². The molecule has 7 heteroatoms. The van der Waals surface area contributed by atoms with Crippen LogP contribution in [0, 0.1) is 13.8 Å². The van der Waals surface area contributed by atoms with E-state index in [1.165, 1.54) is 15.4 Å². The van der Waals surface area contributed by atoms with Crippen molar-refractivity contribution in [1.82, 2.24) is 13.9 Å². The Balaban J connectivity index is 2.02. The molecule has 5 nitrogen and oxygen atoms in total. The van der Waals surface area contributed by atoms with E-state index in [0.717, 1.165) is 16.6 Å². The van der Waals surface area contributed by atoms with Gasteiger partial charge in [0.2, 0.25) is 10.0 Å². The normalized spacial score (nSPS) is 12.0. The molecule has 23 heavy (non-hydrogen) atoms. The zero-order valence-corrected chi connectivity index (χ0v) is 15.6. The molecule has 0 amide bonds. The highest BCUT2D eigenvalue weighted by Gasteiger charge is 2.13. The van der Waals surface area contributed by atoms with Gasteiger partial charge >= 0.3 is 0 Å². The Kier molecular flexibility index (Phi) is 5.89. The maximum atomic E-state index is 11.8. The van der Waals surface area contributed by atoms with Crippen LogP contribution in [0.25, 0.3) is 5.69 Å². The van der Waals surface area contributed by atoms with E-state index in [9.17, 15) is 8.42 Å². The van der Waals surface area contributed by atoms with Gasteiger partial charge in [0.25, 0.3) is 0 Å². The third kappa shape index (κ3) is 4.83. The van der Waals surface area contributed by atoms with Crippen LogP contribution in [0.4, 0.5) is 0 Å². The van der Waals surface area contributed by atoms with Crippen molar-refractivity contribution in [2.45, 2.75) is 25.4 Å². The Bertz CT molecular complexity index is 747. The largest absolute Gasteiger partial charge is 0.295 e. The van der Waals surface area contributed by atoms with Gasteiger partial charge in [-0.05, 0) is 43.5 Å². The Morgan fingerprint density at radius 2 is 1.83 bits per heavy atom. The maximum Gasteiger partial charge on any atom is 0.213 e. The number of imidazole rings is 1. The topological polar surface area (TPSA) is 55.2 Å². The summed E-state index contributed by atoms with van der Waals surface area (Å²) < 4.78 is 26.8. The number of rotatable bonds is 7. The van der Waals surface area contributed by atoms with E-state index in [4.69, 9.17) is 0 Å². The van der Waals surface area contributed by atoms with Crippen LogP contribution < -0.4 is 0 Å². The standard InChI is InChI=1S/C16H23N3O2S2/c1-13-10-14(2)12-15(11-13)19-7-6-17-16(19)22-8-5-9-23(20,21)18(3)4/h6-7,10-12H,5,8-9H2,1-4H3. The first-order valence-electron chi connectivity index (χ1n) is 7.44. The van der Waals surface area contributed by atoms with Crippen LogP contribution in [-0.4, -0.2) is 47.9 Å². The molecule has 0 spiro atoms. The fourth-order valence-electron chi connectivity index (χ4n) is 2.27. The maximum absolute atomic E-state index is 11.8. The van der Waals surface area contributed by atoms with Gasteiger partial charge in [0.05, 0.1) is 5.75 Å². The van der Waals surface area contributed by atoms with E-state index in [0.29, 0.717) is 6.42 Å². The third-order valence-electron chi connectivity index (χ3n) is 3.43. The number of nitrogens with zero attached hydrogens (tertiary/aromatic N) is 3. The number of aromatic nitrogens is 2. The van der Waals surface area contributed by atoms with Gasteiger partial charge in [0, 0.05) is 37.9 Å². The first-order chi connectivity index (χ1) is 10.8. The van der Waals surface area contributed by atoms with Crippen molar-refractivity contribution in [1.29, 1.82) is 0 Å². The van der Waals surface area contributed by atoms with Crippen molar-refractivity contribution in [2.24, 2.45) is 0 Å². The first kappa shape index (κ1) is 18.0. The molecule has 0 fully saturated rings. The van der Waals surface area contributed by atoms with Gasteiger partial charge in [-0.3, -0.25) is 4.57 Å². The van der Waals surface area contributed by atoms with E-state index < -0.39 is 10.0 Å². The highest BCUT2D eigenvalue weighted by molar-refractivity contribution is 7.99. The molecule has 126 valence electrons. The Hall–Kier alpha value is -1.31. The van der Waals surface area contributed by atoms with E-state index in [1.54, 1.807) is 32.1 Å². The zero-order chi connectivity index (χ0) is 17.0. The van der Waals surface area contributed by atoms with Crippen LogP contribution in [0.1, 0.15) is 17.5 Å². The average molecular weight is 354 g/mol. The van der Waals surface area contributed by atoms with Gasteiger partial charge in [-0.2, -0.15) is 0 Å². The summed E-state index contributed by atoms with van der Waals surface area (Å²) in [5.74, 6) is 0.881. The lowest BCUT2D eigenvalue weighted by molar-refractivity contribution is 0.520. The van der Waals surface area contributed by atoms with Crippen LogP contribution in [0.5, 0.6) is 0 Å². The van der Waals surface area contributed by atoms with Crippen molar-refractivity contribution in [2.75, 3.05) is 25.6 Å². The van der Waals surface area contributed by atoms with Gasteiger partial charge in [-0.1, -0.05) is 17.8 Å². The summed E-state index contributed by atoms with van der Waals surface area (Å²) in [6, 6.07) is 6.38. The lowest BCUT2D eigenvalue weighted by Gasteiger charge is -2.11. The van der Waals surface area contributed by atoms with Gasteiger partial charge in [-0.15, -0.1) is 0 Å². The summed E-state index contributed by atoms with van der Waals surface area (Å²) in [6.45, 7) is 4.15.